The molecule has 0 bridgehead atoms. The molecule has 1 aromatic carbocycles. The van der Waals surface area contributed by atoms with E-state index in [1.807, 2.05) is 0 Å². The van der Waals surface area contributed by atoms with E-state index < -0.39 is 17.6 Å². The van der Waals surface area contributed by atoms with E-state index in [-0.39, 0.29) is 30.0 Å². The summed E-state index contributed by atoms with van der Waals surface area (Å²) in [6.07, 6.45) is -0.234. The fourth-order valence-electron chi connectivity index (χ4n) is 1.33. The molecule has 1 aromatic rings. The molecule has 0 heterocycles. The van der Waals surface area contributed by atoms with Crippen molar-refractivity contribution in [1.82, 2.24) is 0 Å². The Labute approximate surface area is 97.2 Å². The highest BCUT2D eigenvalue weighted by atomic mass is 35.5. The van der Waals surface area contributed by atoms with E-state index in [4.69, 9.17) is 11.6 Å². The summed E-state index contributed by atoms with van der Waals surface area (Å²) >= 11 is 5.55. The fourth-order valence-corrected chi connectivity index (χ4v) is 1.57. The number of hydrogen-bond donors (Lipinski definition) is 0. The quantitative estimate of drug-likeness (QED) is 0.605. The van der Waals surface area contributed by atoms with Crippen LogP contribution in [0.1, 0.15) is 18.1 Å². The molecule has 0 radical (unpaired) electrons. The first-order chi connectivity index (χ1) is 7.58. The number of alkyl halides is 1. The Morgan fingerprint density at radius 2 is 2.12 bits per heavy atom. The van der Waals surface area contributed by atoms with Gasteiger partial charge in [0.15, 0.2) is 0 Å². The molecule has 0 aliphatic carbocycles. The Morgan fingerprint density at radius 1 is 1.44 bits per heavy atom. The minimum absolute atomic E-state index is 0.0522. The van der Waals surface area contributed by atoms with E-state index in [1.54, 1.807) is 6.92 Å². The van der Waals surface area contributed by atoms with Crippen molar-refractivity contribution in [2.45, 2.75) is 19.2 Å². The molecular weight excluding hydrogens is 238 g/mol. The van der Waals surface area contributed by atoms with Crippen LogP contribution in [0.15, 0.2) is 12.1 Å². The molecule has 0 fully saturated rings. The molecule has 1 rings (SSSR count). The maximum Gasteiger partial charge on any atom is 0.310 e. The summed E-state index contributed by atoms with van der Waals surface area (Å²) in [5.41, 5.74) is 0.363. The van der Waals surface area contributed by atoms with Gasteiger partial charge in [0, 0.05) is 17.5 Å². The number of rotatable bonds is 4. The largest absolute Gasteiger partial charge is 0.466 e. The van der Waals surface area contributed by atoms with E-state index in [0.29, 0.717) is 0 Å². The van der Waals surface area contributed by atoms with Gasteiger partial charge < -0.3 is 4.74 Å². The van der Waals surface area contributed by atoms with Crippen LogP contribution >= 0.6 is 11.6 Å². The summed E-state index contributed by atoms with van der Waals surface area (Å²) in [5, 5.41) is 0. The number of carbonyl (C=O) groups is 1. The van der Waals surface area contributed by atoms with Crippen molar-refractivity contribution in [2.75, 3.05) is 6.61 Å². The zero-order valence-corrected chi connectivity index (χ0v) is 9.48. The molecule has 88 valence electrons. The fraction of sp³-hybridized carbons (Fsp3) is 0.364. The van der Waals surface area contributed by atoms with Gasteiger partial charge in [-0.15, -0.1) is 11.6 Å². The number of benzene rings is 1. The molecule has 2 nitrogen and oxygen atoms in total. The zero-order valence-electron chi connectivity index (χ0n) is 8.73. The molecule has 0 aliphatic heterocycles. The summed E-state index contributed by atoms with van der Waals surface area (Å²) in [4.78, 5) is 11.2. The van der Waals surface area contributed by atoms with Gasteiger partial charge in [-0.1, -0.05) is 0 Å². The molecule has 5 heteroatoms. The third-order valence-corrected chi connectivity index (χ3v) is 2.31. The molecule has 16 heavy (non-hydrogen) atoms. The minimum Gasteiger partial charge on any atom is -0.466 e. The van der Waals surface area contributed by atoms with Crippen LogP contribution in [-0.2, 0) is 21.8 Å². The lowest BCUT2D eigenvalue weighted by Gasteiger charge is -2.08. The van der Waals surface area contributed by atoms with Gasteiger partial charge in [0.1, 0.15) is 11.6 Å². The Kier molecular flexibility index (Phi) is 4.68. The summed E-state index contributed by atoms with van der Waals surface area (Å²) in [6.45, 7) is 1.87. The number of carbonyl (C=O) groups excluding carboxylic acids is 1. The topological polar surface area (TPSA) is 26.3 Å². The highest BCUT2D eigenvalue weighted by molar-refractivity contribution is 6.17. The molecule has 0 N–H and O–H groups in total. The van der Waals surface area contributed by atoms with Crippen LogP contribution < -0.4 is 0 Å². The number of ether oxygens (including phenoxy) is 1. The second-order valence-electron chi connectivity index (χ2n) is 3.14. The van der Waals surface area contributed by atoms with Gasteiger partial charge >= 0.3 is 5.97 Å². The van der Waals surface area contributed by atoms with Crippen molar-refractivity contribution in [3.8, 4) is 0 Å². The van der Waals surface area contributed by atoms with Crippen LogP contribution in [-0.4, -0.2) is 12.6 Å². The molecule has 0 atom stereocenters. The highest BCUT2D eigenvalue weighted by Gasteiger charge is 2.14. The summed E-state index contributed by atoms with van der Waals surface area (Å²) in [7, 11) is 0. The van der Waals surface area contributed by atoms with Crippen molar-refractivity contribution < 1.29 is 18.3 Å². The van der Waals surface area contributed by atoms with Crippen LogP contribution in [0.2, 0.25) is 0 Å². The first-order valence-electron chi connectivity index (χ1n) is 4.76. The van der Waals surface area contributed by atoms with E-state index in [0.717, 1.165) is 12.1 Å². The van der Waals surface area contributed by atoms with Gasteiger partial charge in [0.05, 0.1) is 13.0 Å². The SMILES string of the molecule is CCOC(=O)Cc1c(F)cc(F)cc1CCl. The van der Waals surface area contributed by atoms with Gasteiger partial charge in [-0.3, -0.25) is 4.79 Å². The Hall–Kier alpha value is -1.16. The zero-order chi connectivity index (χ0) is 12.1. The Bertz CT molecular complexity index is 394. The van der Waals surface area contributed by atoms with Crippen LogP contribution in [0.4, 0.5) is 8.78 Å². The summed E-state index contributed by atoms with van der Waals surface area (Å²) in [6, 6.07) is 1.84. The maximum atomic E-state index is 13.4. The summed E-state index contributed by atoms with van der Waals surface area (Å²) in [5.74, 6) is -2.09. The average Bonchev–Trinajstić information content (AvgIpc) is 2.22. The molecule has 0 spiro atoms. The van der Waals surface area contributed by atoms with Gasteiger partial charge in [-0.2, -0.15) is 0 Å². The van der Waals surface area contributed by atoms with Crippen LogP contribution in [0.25, 0.3) is 0 Å². The molecule has 0 saturated heterocycles. The average molecular weight is 249 g/mol. The van der Waals surface area contributed by atoms with Crippen molar-refractivity contribution in [1.29, 1.82) is 0 Å². The molecular formula is C11H11ClF2O2. The van der Waals surface area contributed by atoms with E-state index in [9.17, 15) is 13.6 Å². The first kappa shape index (κ1) is 12.9. The predicted molar refractivity (Wildman–Crippen MR) is 56.3 cm³/mol. The minimum atomic E-state index is -0.774. The van der Waals surface area contributed by atoms with Crippen molar-refractivity contribution >= 4 is 17.6 Å². The molecule has 0 unspecified atom stereocenters. The van der Waals surface area contributed by atoms with Crippen LogP contribution in [0, 0.1) is 11.6 Å². The van der Waals surface area contributed by atoms with Gasteiger partial charge in [-0.25, -0.2) is 8.78 Å². The molecule has 0 amide bonds. The molecule has 0 aliphatic rings. The third kappa shape index (κ3) is 3.17. The normalized spacial score (nSPS) is 10.2. The Morgan fingerprint density at radius 3 is 2.69 bits per heavy atom. The third-order valence-electron chi connectivity index (χ3n) is 2.02. The van der Waals surface area contributed by atoms with E-state index in [2.05, 4.69) is 4.74 Å². The predicted octanol–water partition coefficient (Wildman–Crippen LogP) is 2.81. The van der Waals surface area contributed by atoms with Crippen molar-refractivity contribution in [3.05, 3.63) is 34.9 Å². The van der Waals surface area contributed by atoms with E-state index >= 15 is 0 Å². The van der Waals surface area contributed by atoms with Gasteiger partial charge in [-0.05, 0) is 18.6 Å². The Balaban J connectivity index is 2.98. The van der Waals surface area contributed by atoms with Crippen molar-refractivity contribution in [3.63, 3.8) is 0 Å². The van der Waals surface area contributed by atoms with Crippen LogP contribution in [0.3, 0.4) is 0 Å². The highest BCUT2D eigenvalue weighted by Crippen LogP contribution is 2.19. The van der Waals surface area contributed by atoms with Crippen LogP contribution in [0.5, 0.6) is 0 Å². The lowest BCUT2D eigenvalue weighted by Crippen LogP contribution is -2.11. The van der Waals surface area contributed by atoms with Gasteiger partial charge in [0.25, 0.3) is 0 Å². The standard InChI is InChI=1S/C11H11ClF2O2/c1-2-16-11(15)5-9-7(6-12)3-8(13)4-10(9)14/h3-4H,2,5-6H2,1H3. The second-order valence-corrected chi connectivity index (χ2v) is 3.41. The van der Waals surface area contributed by atoms with Gasteiger partial charge in [0.2, 0.25) is 0 Å². The monoisotopic (exact) mass is 248 g/mol. The number of halogens is 3. The lowest BCUT2D eigenvalue weighted by atomic mass is 10.0. The summed E-state index contributed by atoms with van der Waals surface area (Å²) < 4.78 is 30.9. The lowest BCUT2D eigenvalue weighted by molar-refractivity contribution is -0.142. The number of esters is 1. The van der Waals surface area contributed by atoms with Crippen molar-refractivity contribution in [2.24, 2.45) is 0 Å². The smallest absolute Gasteiger partial charge is 0.310 e. The number of hydrogen-bond acceptors (Lipinski definition) is 2. The molecule has 0 saturated carbocycles. The second kappa shape index (κ2) is 5.80. The van der Waals surface area contributed by atoms with E-state index in [1.165, 1.54) is 0 Å². The molecule has 0 aromatic heterocycles. The maximum absolute atomic E-state index is 13.4. The first-order valence-corrected chi connectivity index (χ1v) is 5.30.